The second-order valence-electron chi connectivity index (χ2n) is 6.76. The van der Waals surface area contributed by atoms with Gasteiger partial charge in [-0.15, -0.1) is 0 Å². The Morgan fingerprint density at radius 1 is 1.33 bits per heavy atom. The van der Waals surface area contributed by atoms with Crippen molar-refractivity contribution in [2.24, 2.45) is 5.92 Å². The second kappa shape index (κ2) is 7.21. The van der Waals surface area contributed by atoms with Crippen molar-refractivity contribution in [3.63, 3.8) is 0 Å². The van der Waals surface area contributed by atoms with Gasteiger partial charge in [0.1, 0.15) is 0 Å². The van der Waals surface area contributed by atoms with Gasteiger partial charge in [0, 0.05) is 43.1 Å². The molecule has 1 aromatic heterocycles. The van der Waals surface area contributed by atoms with Crippen LogP contribution in [0.4, 0.5) is 5.95 Å². The molecule has 0 radical (unpaired) electrons. The van der Waals surface area contributed by atoms with Gasteiger partial charge in [-0.2, -0.15) is 0 Å². The Morgan fingerprint density at radius 3 is 2.67 bits per heavy atom. The maximum Gasteiger partial charge on any atom is 0.225 e. The van der Waals surface area contributed by atoms with E-state index in [2.05, 4.69) is 49.9 Å². The number of nitrogens with zero attached hydrogens (tertiary/aromatic N) is 3. The van der Waals surface area contributed by atoms with E-state index in [1.807, 2.05) is 6.20 Å². The first-order valence-corrected chi connectivity index (χ1v) is 8.27. The fourth-order valence-electron chi connectivity index (χ4n) is 3.16. The Morgan fingerprint density at radius 2 is 2.05 bits per heavy atom. The summed E-state index contributed by atoms with van der Waals surface area (Å²) in [5.74, 6) is 1.61. The summed E-state index contributed by atoms with van der Waals surface area (Å²) in [5, 5.41) is 3.43. The van der Waals surface area contributed by atoms with E-state index >= 15 is 0 Å². The van der Waals surface area contributed by atoms with Crippen LogP contribution in [0.15, 0.2) is 6.20 Å². The number of aryl methyl sites for hydroxylation is 1. The molecule has 2 rings (SSSR count). The zero-order valence-corrected chi connectivity index (χ0v) is 14.2. The van der Waals surface area contributed by atoms with Crippen LogP contribution in [-0.2, 0) is 6.54 Å². The van der Waals surface area contributed by atoms with Gasteiger partial charge in [-0.1, -0.05) is 33.6 Å². The van der Waals surface area contributed by atoms with E-state index in [1.54, 1.807) is 0 Å². The number of hydrogen-bond donors (Lipinski definition) is 1. The van der Waals surface area contributed by atoms with Gasteiger partial charge in [-0.3, -0.25) is 0 Å². The van der Waals surface area contributed by atoms with Crippen LogP contribution in [0.2, 0.25) is 0 Å². The molecule has 1 fully saturated rings. The average Bonchev–Trinajstić information content (AvgIpc) is 2.45. The molecule has 1 aliphatic rings. The lowest BCUT2D eigenvalue weighted by molar-refractivity contribution is 0.319. The summed E-state index contributed by atoms with van der Waals surface area (Å²) in [4.78, 5) is 11.6. The van der Waals surface area contributed by atoms with Crippen LogP contribution in [-0.4, -0.2) is 29.1 Å². The highest BCUT2D eigenvalue weighted by atomic mass is 15.3. The van der Waals surface area contributed by atoms with Crippen molar-refractivity contribution < 1.29 is 0 Å². The molecule has 0 saturated heterocycles. The maximum atomic E-state index is 4.74. The molecule has 1 aromatic rings. The highest BCUT2D eigenvalue weighted by Crippen LogP contribution is 2.29. The first kappa shape index (κ1) is 16.2. The van der Waals surface area contributed by atoms with Crippen LogP contribution >= 0.6 is 0 Å². The Balaban J connectivity index is 2.07. The highest BCUT2D eigenvalue weighted by Gasteiger charge is 2.26. The lowest BCUT2D eigenvalue weighted by atomic mass is 9.85. The molecule has 4 nitrogen and oxygen atoms in total. The number of rotatable bonds is 5. The van der Waals surface area contributed by atoms with Crippen LogP contribution in [0.5, 0.6) is 0 Å². The predicted molar refractivity (Wildman–Crippen MR) is 88.6 cm³/mol. The van der Waals surface area contributed by atoms with Crippen molar-refractivity contribution in [1.29, 1.82) is 0 Å². The number of nitrogens with one attached hydrogen (secondary N) is 1. The average molecular weight is 290 g/mol. The molecule has 1 heterocycles. The normalized spacial score (nSPS) is 22.6. The lowest BCUT2D eigenvalue weighted by Gasteiger charge is -2.36. The smallest absolute Gasteiger partial charge is 0.225 e. The molecule has 0 spiro atoms. The zero-order chi connectivity index (χ0) is 15.4. The third kappa shape index (κ3) is 4.16. The van der Waals surface area contributed by atoms with Gasteiger partial charge in [-0.05, 0) is 25.7 Å². The Labute approximate surface area is 129 Å². The van der Waals surface area contributed by atoms with Crippen molar-refractivity contribution in [3.05, 3.63) is 17.5 Å². The molecule has 0 aliphatic heterocycles. The third-order valence-corrected chi connectivity index (χ3v) is 4.65. The summed E-state index contributed by atoms with van der Waals surface area (Å²) in [7, 11) is 2.15. The second-order valence-corrected chi connectivity index (χ2v) is 6.76. The van der Waals surface area contributed by atoms with E-state index in [0.29, 0.717) is 12.1 Å². The minimum absolute atomic E-state index is 0.481. The predicted octanol–water partition coefficient (Wildman–Crippen LogP) is 3.30. The van der Waals surface area contributed by atoms with Crippen molar-refractivity contribution in [3.8, 4) is 0 Å². The van der Waals surface area contributed by atoms with Gasteiger partial charge in [-0.25, -0.2) is 9.97 Å². The van der Waals surface area contributed by atoms with Crippen LogP contribution in [0.1, 0.15) is 57.7 Å². The van der Waals surface area contributed by atoms with E-state index < -0.39 is 0 Å². The Kier molecular flexibility index (Phi) is 5.57. The summed E-state index contributed by atoms with van der Waals surface area (Å²) >= 11 is 0. The van der Waals surface area contributed by atoms with Crippen molar-refractivity contribution in [2.45, 2.75) is 72.0 Å². The van der Waals surface area contributed by atoms with E-state index in [9.17, 15) is 0 Å². The molecule has 118 valence electrons. The van der Waals surface area contributed by atoms with Gasteiger partial charge in [0.25, 0.3) is 0 Å². The summed E-state index contributed by atoms with van der Waals surface area (Å²) in [6.07, 6.45) is 7.26. The molecule has 21 heavy (non-hydrogen) atoms. The minimum atomic E-state index is 0.481. The molecule has 0 amide bonds. The monoisotopic (exact) mass is 290 g/mol. The standard InChI is InChI=1S/C17H30N4/c1-12(2)18-10-15-11-19-17(20-14(15)4)21(5)16-9-7-6-8-13(16)3/h11-13,16,18H,6-10H2,1-5H3. The van der Waals surface area contributed by atoms with Gasteiger partial charge in [0.15, 0.2) is 0 Å². The van der Waals surface area contributed by atoms with E-state index in [1.165, 1.54) is 31.2 Å². The molecule has 0 aromatic carbocycles. The van der Waals surface area contributed by atoms with Gasteiger partial charge in [0.2, 0.25) is 5.95 Å². The van der Waals surface area contributed by atoms with E-state index in [4.69, 9.17) is 4.98 Å². The first-order chi connectivity index (χ1) is 9.99. The van der Waals surface area contributed by atoms with Gasteiger partial charge < -0.3 is 10.2 Å². The topological polar surface area (TPSA) is 41.1 Å². The van der Waals surface area contributed by atoms with Gasteiger partial charge in [0.05, 0.1) is 0 Å². The number of anilines is 1. The summed E-state index contributed by atoms with van der Waals surface area (Å²) < 4.78 is 0. The molecule has 1 saturated carbocycles. The molecule has 4 heteroatoms. The SMILES string of the molecule is Cc1nc(N(C)C2CCCCC2C)ncc1CNC(C)C. The maximum absolute atomic E-state index is 4.74. The Bertz CT molecular complexity index is 458. The molecule has 2 unspecified atom stereocenters. The van der Waals surface area contributed by atoms with E-state index in [-0.39, 0.29) is 0 Å². The largest absolute Gasteiger partial charge is 0.341 e. The molecule has 1 N–H and O–H groups in total. The third-order valence-electron chi connectivity index (χ3n) is 4.65. The molecule has 2 atom stereocenters. The summed E-state index contributed by atoms with van der Waals surface area (Å²) in [6.45, 7) is 9.59. The highest BCUT2D eigenvalue weighted by molar-refractivity contribution is 5.33. The molecular weight excluding hydrogens is 260 g/mol. The van der Waals surface area contributed by atoms with Crippen LogP contribution in [0.25, 0.3) is 0 Å². The van der Waals surface area contributed by atoms with Crippen molar-refractivity contribution >= 4 is 5.95 Å². The molecule has 0 bridgehead atoms. The quantitative estimate of drug-likeness (QED) is 0.903. The minimum Gasteiger partial charge on any atom is -0.341 e. The van der Waals surface area contributed by atoms with Crippen molar-refractivity contribution in [2.75, 3.05) is 11.9 Å². The van der Waals surface area contributed by atoms with Crippen LogP contribution in [0, 0.1) is 12.8 Å². The van der Waals surface area contributed by atoms with Crippen molar-refractivity contribution in [1.82, 2.24) is 15.3 Å². The van der Waals surface area contributed by atoms with Crippen LogP contribution < -0.4 is 10.2 Å². The van der Waals surface area contributed by atoms with E-state index in [0.717, 1.165) is 24.1 Å². The van der Waals surface area contributed by atoms with Crippen LogP contribution in [0.3, 0.4) is 0 Å². The fourth-order valence-corrected chi connectivity index (χ4v) is 3.16. The summed E-state index contributed by atoms with van der Waals surface area (Å²) in [5.41, 5.74) is 2.28. The molecule has 1 aliphatic carbocycles. The molecular formula is C17H30N4. The first-order valence-electron chi connectivity index (χ1n) is 8.27. The number of hydrogen-bond acceptors (Lipinski definition) is 4. The lowest BCUT2D eigenvalue weighted by Crippen LogP contribution is -2.40. The number of aromatic nitrogens is 2. The Hall–Kier alpha value is -1.16. The summed E-state index contributed by atoms with van der Waals surface area (Å²) in [6, 6.07) is 1.06. The van der Waals surface area contributed by atoms with Gasteiger partial charge >= 0.3 is 0 Å². The zero-order valence-electron chi connectivity index (χ0n) is 14.2. The fraction of sp³-hybridized carbons (Fsp3) is 0.765.